The van der Waals surface area contributed by atoms with Crippen molar-refractivity contribution in [2.75, 3.05) is 5.32 Å². The summed E-state index contributed by atoms with van der Waals surface area (Å²) in [6.07, 6.45) is 2.03. The third kappa shape index (κ3) is 2.79. The Morgan fingerprint density at radius 2 is 2.35 bits per heavy atom. The summed E-state index contributed by atoms with van der Waals surface area (Å²) in [5, 5.41) is 14.0. The van der Waals surface area contributed by atoms with Gasteiger partial charge in [-0.25, -0.2) is 4.79 Å². The highest BCUT2D eigenvalue weighted by molar-refractivity contribution is 5.87. The second-order valence-corrected chi connectivity index (χ2v) is 4.90. The Bertz CT molecular complexity index is 615. The zero-order chi connectivity index (χ0) is 14.1. The lowest BCUT2D eigenvalue weighted by Gasteiger charge is -2.20. The van der Waals surface area contributed by atoms with Gasteiger partial charge in [-0.15, -0.1) is 5.10 Å². The van der Waals surface area contributed by atoms with Crippen molar-refractivity contribution in [1.82, 2.24) is 25.1 Å². The summed E-state index contributed by atoms with van der Waals surface area (Å²) in [5.74, 6) is 1.82. The van der Waals surface area contributed by atoms with Crippen molar-refractivity contribution in [3.8, 4) is 0 Å². The molecule has 0 unspecified atom stereocenters. The molecular formula is C12H16N6O2. The van der Waals surface area contributed by atoms with E-state index in [2.05, 4.69) is 20.7 Å². The van der Waals surface area contributed by atoms with Crippen LogP contribution < -0.4 is 5.32 Å². The molecule has 0 spiro atoms. The van der Waals surface area contributed by atoms with Crippen LogP contribution in [0.25, 0.3) is 0 Å². The number of anilines is 1. The minimum atomic E-state index is -0.227. The van der Waals surface area contributed by atoms with E-state index in [4.69, 9.17) is 4.42 Å². The van der Waals surface area contributed by atoms with Gasteiger partial charge in [0.25, 0.3) is 5.95 Å². The molecule has 0 saturated heterocycles. The van der Waals surface area contributed by atoms with Crippen LogP contribution in [0.3, 0.4) is 0 Å². The standard InChI is InChI=1S/C12H16N6O2/c1-8-3-6-10(20-8)7-18(9-4-5-9)12(19)13-11-14-16-17(2)15-11/h3,6,9H,4-5,7H2,1-2H3,(H,13,15,19). The van der Waals surface area contributed by atoms with E-state index in [1.807, 2.05) is 19.1 Å². The van der Waals surface area contributed by atoms with E-state index in [0.29, 0.717) is 6.54 Å². The molecule has 1 fully saturated rings. The Labute approximate surface area is 115 Å². The SMILES string of the molecule is Cc1ccc(CN(C(=O)Nc2nnn(C)n2)C2CC2)o1. The van der Waals surface area contributed by atoms with E-state index >= 15 is 0 Å². The number of furan rings is 1. The highest BCUT2D eigenvalue weighted by Crippen LogP contribution is 2.29. The average molecular weight is 276 g/mol. The molecule has 0 atom stereocenters. The zero-order valence-electron chi connectivity index (χ0n) is 11.4. The molecule has 0 radical (unpaired) electrons. The molecule has 1 saturated carbocycles. The summed E-state index contributed by atoms with van der Waals surface area (Å²) in [6, 6.07) is 3.81. The molecule has 20 heavy (non-hydrogen) atoms. The van der Waals surface area contributed by atoms with E-state index in [-0.39, 0.29) is 18.0 Å². The average Bonchev–Trinajstić information content (AvgIpc) is 3.04. The zero-order valence-corrected chi connectivity index (χ0v) is 11.4. The third-order valence-electron chi connectivity index (χ3n) is 3.10. The molecule has 0 bridgehead atoms. The maximum absolute atomic E-state index is 12.3. The Balaban J connectivity index is 1.68. The van der Waals surface area contributed by atoms with Crippen LogP contribution in [-0.2, 0) is 13.6 Å². The molecule has 1 aliphatic carbocycles. The highest BCUT2D eigenvalue weighted by Gasteiger charge is 2.33. The smallest absolute Gasteiger partial charge is 0.324 e. The van der Waals surface area contributed by atoms with Gasteiger partial charge in [0.2, 0.25) is 0 Å². The van der Waals surface area contributed by atoms with Gasteiger partial charge in [0.1, 0.15) is 11.5 Å². The molecule has 1 aliphatic rings. The van der Waals surface area contributed by atoms with Crippen molar-refractivity contribution < 1.29 is 9.21 Å². The predicted octanol–water partition coefficient (Wildman–Crippen LogP) is 1.31. The number of carbonyl (C=O) groups excluding carboxylic acids is 1. The first kappa shape index (κ1) is 12.6. The lowest BCUT2D eigenvalue weighted by Crippen LogP contribution is -2.36. The molecule has 3 rings (SSSR count). The number of nitrogens with one attached hydrogen (secondary N) is 1. The Morgan fingerprint density at radius 3 is 2.90 bits per heavy atom. The van der Waals surface area contributed by atoms with Gasteiger partial charge in [-0.05, 0) is 37.1 Å². The van der Waals surface area contributed by atoms with Crippen molar-refractivity contribution >= 4 is 12.0 Å². The van der Waals surface area contributed by atoms with Crippen LogP contribution in [-0.4, -0.2) is 37.2 Å². The molecule has 0 aliphatic heterocycles. The summed E-state index contributed by atoms with van der Waals surface area (Å²) >= 11 is 0. The van der Waals surface area contributed by atoms with Crippen molar-refractivity contribution in [3.05, 3.63) is 23.7 Å². The van der Waals surface area contributed by atoms with Gasteiger partial charge in [0.15, 0.2) is 0 Å². The lowest BCUT2D eigenvalue weighted by atomic mass is 10.4. The minimum absolute atomic E-state index is 0.207. The molecule has 8 nitrogen and oxygen atoms in total. The first-order valence-electron chi connectivity index (χ1n) is 6.49. The fourth-order valence-electron chi connectivity index (χ4n) is 1.99. The topological polar surface area (TPSA) is 89.1 Å². The quantitative estimate of drug-likeness (QED) is 0.909. The summed E-state index contributed by atoms with van der Waals surface area (Å²) in [6.45, 7) is 2.33. The lowest BCUT2D eigenvalue weighted by molar-refractivity contribution is 0.200. The normalized spacial score (nSPS) is 14.3. The van der Waals surface area contributed by atoms with E-state index in [1.54, 1.807) is 11.9 Å². The maximum atomic E-state index is 12.3. The highest BCUT2D eigenvalue weighted by atomic mass is 16.3. The van der Waals surface area contributed by atoms with Crippen LogP contribution in [0.15, 0.2) is 16.5 Å². The van der Waals surface area contributed by atoms with Gasteiger partial charge in [-0.2, -0.15) is 4.80 Å². The van der Waals surface area contributed by atoms with Crippen LogP contribution in [0.4, 0.5) is 10.7 Å². The molecule has 8 heteroatoms. The van der Waals surface area contributed by atoms with Gasteiger partial charge in [0.05, 0.1) is 13.6 Å². The van der Waals surface area contributed by atoms with E-state index in [0.717, 1.165) is 24.4 Å². The monoisotopic (exact) mass is 276 g/mol. The Hall–Kier alpha value is -2.38. The molecule has 2 heterocycles. The number of amides is 2. The molecule has 0 aromatic carbocycles. The fraction of sp³-hybridized carbons (Fsp3) is 0.500. The van der Waals surface area contributed by atoms with Gasteiger partial charge in [-0.3, -0.25) is 5.32 Å². The Kier molecular flexibility index (Phi) is 3.13. The van der Waals surface area contributed by atoms with Crippen molar-refractivity contribution in [2.45, 2.75) is 32.4 Å². The number of rotatable bonds is 4. The van der Waals surface area contributed by atoms with Crippen LogP contribution in [0.2, 0.25) is 0 Å². The number of aromatic nitrogens is 4. The third-order valence-corrected chi connectivity index (χ3v) is 3.10. The fourth-order valence-corrected chi connectivity index (χ4v) is 1.99. The van der Waals surface area contributed by atoms with Crippen LogP contribution in [0.1, 0.15) is 24.4 Å². The number of urea groups is 1. The largest absolute Gasteiger partial charge is 0.464 e. The van der Waals surface area contributed by atoms with Crippen molar-refractivity contribution in [2.24, 2.45) is 7.05 Å². The number of nitrogens with zero attached hydrogens (tertiary/aromatic N) is 5. The minimum Gasteiger partial charge on any atom is -0.464 e. The predicted molar refractivity (Wildman–Crippen MR) is 69.8 cm³/mol. The molecule has 2 aromatic heterocycles. The van der Waals surface area contributed by atoms with Crippen LogP contribution in [0, 0.1) is 6.92 Å². The van der Waals surface area contributed by atoms with Gasteiger partial charge < -0.3 is 9.32 Å². The van der Waals surface area contributed by atoms with Crippen LogP contribution >= 0.6 is 0 Å². The van der Waals surface area contributed by atoms with Crippen molar-refractivity contribution in [3.63, 3.8) is 0 Å². The summed E-state index contributed by atoms with van der Waals surface area (Å²) in [5.41, 5.74) is 0. The molecule has 2 amide bonds. The maximum Gasteiger partial charge on any atom is 0.324 e. The van der Waals surface area contributed by atoms with Gasteiger partial charge in [0, 0.05) is 6.04 Å². The van der Waals surface area contributed by atoms with Gasteiger partial charge >= 0.3 is 6.03 Å². The number of hydrogen-bond acceptors (Lipinski definition) is 5. The van der Waals surface area contributed by atoms with E-state index < -0.39 is 0 Å². The summed E-state index contributed by atoms with van der Waals surface area (Å²) in [4.78, 5) is 15.3. The van der Waals surface area contributed by atoms with E-state index in [9.17, 15) is 4.79 Å². The number of tetrazole rings is 1. The second kappa shape index (κ2) is 4.95. The number of aryl methyl sites for hydroxylation is 2. The van der Waals surface area contributed by atoms with Crippen molar-refractivity contribution in [1.29, 1.82) is 0 Å². The van der Waals surface area contributed by atoms with E-state index in [1.165, 1.54) is 4.80 Å². The first-order valence-corrected chi connectivity index (χ1v) is 6.49. The second-order valence-electron chi connectivity index (χ2n) is 4.90. The molecular weight excluding hydrogens is 260 g/mol. The number of carbonyl (C=O) groups is 1. The molecule has 106 valence electrons. The molecule has 2 aromatic rings. The Morgan fingerprint density at radius 1 is 1.55 bits per heavy atom. The van der Waals surface area contributed by atoms with Gasteiger partial charge in [-0.1, -0.05) is 5.10 Å². The summed E-state index contributed by atoms with van der Waals surface area (Å²) < 4.78 is 5.53. The first-order chi connectivity index (χ1) is 9.61. The number of hydrogen-bond donors (Lipinski definition) is 1. The molecule has 1 N–H and O–H groups in total. The van der Waals surface area contributed by atoms with Crippen LogP contribution in [0.5, 0.6) is 0 Å². The summed E-state index contributed by atoms with van der Waals surface area (Å²) in [7, 11) is 1.65.